The highest BCUT2D eigenvalue weighted by atomic mass is 16.4. The third-order valence-corrected chi connectivity index (χ3v) is 9.72. The fourth-order valence-electron chi connectivity index (χ4n) is 8.31. The summed E-state index contributed by atoms with van der Waals surface area (Å²) in [5.74, 6) is 1.26. The summed E-state index contributed by atoms with van der Waals surface area (Å²) in [4.78, 5) is 11.6. The Morgan fingerprint density at radius 3 is 2.27 bits per heavy atom. The van der Waals surface area contributed by atoms with Gasteiger partial charge in [0.25, 0.3) is 0 Å². The van der Waals surface area contributed by atoms with Gasteiger partial charge in [-0.3, -0.25) is 4.79 Å². The van der Waals surface area contributed by atoms with Gasteiger partial charge in [-0.05, 0) is 91.8 Å². The number of aliphatic hydroxyl groups is 2. The molecule has 148 valence electrons. The number of carboxylic acids is 1. The lowest BCUT2D eigenvalue weighted by Gasteiger charge is -2.62. The molecule has 0 heterocycles. The quantitative estimate of drug-likeness (QED) is 0.698. The first-order chi connectivity index (χ1) is 12.2. The maximum absolute atomic E-state index is 11.6. The fourth-order valence-corrected chi connectivity index (χ4v) is 8.31. The molecule has 0 aromatic rings. The molecule has 4 saturated carbocycles. The molecule has 4 nitrogen and oxygen atoms in total. The highest BCUT2D eigenvalue weighted by molar-refractivity contribution is 5.70. The van der Waals surface area contributed by atoms with Crippen LogP contribution in [0.5, 0.6) is 0 Å². The summed E-state index contributed by atoms with van der Waals surface area (Å²) in [6, 6.07) is 0. The predicted molar refractivity (Wildman–Crippen MR) is 99.4 cm³/mol. The van der Waals surface area contributed by atoms with Crippen molar-refractivity contribution in [1.82, 2.24) is 0 Å². The van der Waals surface area contributed by atoms with Crippen LogP contribution >= 0.6 is 0 Å². The average Bonchev–Trinajstić information content (AvgIpc) is 2.93. The number of rotatable bonds is 2. The number of hydrogen-bond acceptors (Lipinski definition) is 3. The van der Waals surface area contributed by atoms with Crippen LogP contribution in [0.15, 0.2) is 0 Å². The van der Waals surface area contributed by atoms with Crippen LogP contribution in [-0.4, -0.2) is 33.5 Å². The van der Waals surface area contributed by atoms with E-state index in [1.54, 1.807) is 0 Å². The molecule has 0 aromatic carbocycles. The normalized spacial score (nSPS) is 54.7. The van der Waals surface area contributed by atoms with E-state index in [4.69, 9.17) is 0 Å². The molecule has 0 radical (unpaired) electrons. The number of carbonyl (C=O) groups is 1. The first-order valence-electron chi connectivity index (χ1n) is 10.8. The Hall–Kier alpha value is -0.610. The summed E-state index contributed by atoms with van der Waals surface area (Å²) < 4.78 is 0. The average molecular weight is 365 g/mol. The molecule has 26 heavy (non-hydrogen) atoms. The van der Waals surface area contributed by atoms with E-state index in [0.29, 0.717) is 17.8 Å². The van der Waals surface area contributed by atoms with Crippen molar-refractivity contribution < 1.29 is 20.1 Å². The van der Waals surface area contributed by atoms with E-state index in [1.807, 2.05) is 6.92 Å². The van der Waals surface area contributed by atoms with E-state index in [0.717, 1.165) is 51.4 Å². The zero-order valence-electron chi connectivity index (χ0n) is 16.5. The van der Waals surface area contributed by atoms with Gasteiger partial charge in [-0.25, -0.2) is 0 Å². The van der Waals surface area contributed by atoms with Crippen molar-refractivity contribution >= 4 is 5.97 Å². The number of fused-ring (bicyclic) bond motifs is 5. The summed E-state index contributed by atoms with van der Waals surface area (Å²) >= 11 is 0. The molecule has 0 amide bonds. The topological polar surface area (TPSA) is 77.8 Å². The number of hydrogen-bond donors (Lipinski definition) is 3. The minimum absolute atomic E-state index is 0.107. The third kappa shape index (κ3) is 2.51. The lowest BCUT2D eigenvalue weighted by atomic mass is 9.44. The second kappa shape index (κ2) is 6.20. The molecule has 4 aliphatic carbocycles. The second-order valence-electron chi connectivity index (χ2n) is 10.6. The highest BCUT2D eigenvalue weighted by Gasteiger charge is 2.62. The van der Waals surface area contributed by atoms with E-state index in [-0.39, 0.29) is 40.8 Å². The Labute approximate surface area is 157 Å². The molecule has 0 bridgehead atoms. The summed E-state index contributed by atoms with van der Waals surface area (Å²) in [6.07, 6.45) is 7.36. The molecule has 10 atom stereocenters. The van der Waals surface area contributed by atoms with Gasteiger partial charge in [0.15, 0.2) is 0 Å². The Morgan fingerprint density at radius 2 is 1.58 bits per heavy atom. The van der Waals surface area contributed by atoms with Crippen LogP contribution in [0.1, 0.15) is 72.1 Å². The molecule has 3 N–H and O–H groups in total. The molecule has 0 unspecified atom stereocenters. The van der Waals surface area contributed by atoms with Crippen molar-refractivity contribution in [1.29, 1.82) is 0 Å². The van der Waals surface area contributed by atoms with E-state index >= 15 is 0 Å². The Bertz CT molecular complexity index is 576. The van der Waals surface area contributed by atoms with Gasteiger partial charge in [0.2, 0.25) is 0 Å². The van der Waals surface area contributed by atoms with Crippen LogP contribution in [0.3, 0.4) is 0 Å². The third-order valence-electron chi connectivity index (χ3n) is 9.72. The zero-order valence-corrected chi connectivity index (χ0v) is 16.5. The zero-order chi connectivity index (χ0) is 18.9. The molecule has 4 heteroatoms. The Kier molecular flexibility index (Phi) is 4.47. The largest absolute Gasteiger partial charge is 0.481 e. The first kappa shape index (κ1) is 18.7. The van der Waals surface area contributed by atoms with E-state index in [2.05, 4.69) is 13.8 Å². The smallest absolute Gasteiger partial charge is 0.306 e. The molecule has 4 rings (SSSR count). The van der Waals surface area contributed by atoms with Crippen LogP contribution in [0, 0.1) is 46.3 Å². The Morgan fingerprint density at radius 1 is 0.923 bits per heavy atom. The van der Waals surface area contributed by atoms with Gasteiger partial charge in [-0.1, -0.05) is 20.8 Å². The van der Waals surface area contributed by atoms with Crippen LogP contribution < -0.4 is 0 Å². The molecule has 0 aliphatic heterocycles. The predicted octanol–water partition coefficient (Wildman–Crippen LogP) is 3.70. The van der Waals surface area contributed by atoms with Crippen molar-refractivity contribution in [3.05, 3.63) is 0 Å². The van der Waals surface area contributed by atoms with Crippen molar-refractivity contribution in [2.24, 2.45) is 46.3 Å². The Balaban J connectivity index is 1.63. The van der Waals surface area contributed by atoms with E-state index in [9.17, 15) is 20.1 Å². The van der Waals surface area contributed by atoms with Crippen LogP contribution in [0.2, 0.25) is 0 Å². The van der Waals surface area contributed by atoms with Crippen LogP contribution in [0.4, 0.5) is 0 Å². The van der Waals surface area contributed by atoms with E-state index in [1.165, 1.54) is 0 Å². The minimum atomic E-state index is -0.657. The number of aliphatic hydroxyl groups excluding tert-OH is 2. The summed E-state index contributed by atoms with van der Waals surface area (Å²) in [7, 11) is 0. The lowest BCUT2D eigenvalue weighted by Crippen LogP contribution is -2.58. The molecular formula is C22H36O4. The van der Waals surface area contributed by atoms with Crippen molar-refractivity contribution in [3.63, 3.8) is 0 Å². The maximum Gasteiger partial charge on any atom is 0.306 e. The second-order valence-corrected chi connectivity index (χ2v) is 10.6. The maximum atomic E-state index is 11.6. The van der Waals surface area contributed by atoms with Gasteiger partial charge in [0.05, 0.1) is 18.1 Å². The van der Waals surface area contributed by atoms with Crippen LogP contribution in [-0.2, 0) is 4.79 Å². The highest BCUT2D eigenvalue weighted by Crippen LogP contribution is 2.68. The van der Waals surface area contributed by atoms with Crippen molar-refractivity contribution in [2.45, 2.75) is 84.3 Å². The van der Waals surface area contributed by atoms with Gasteiger partial charge in [-0.2, -0.15) is 0 Å². The van der Waals surface area contributed by atoms with E-state index < -0.39 is 5.97 Å². The number of aliphatic carboxylic acids is 1. The molecular weight excluding hydrogens is 328 g/mol. The molecule has 4 aliphatic rings. The molecule has 0 aromatic heterocycles. The van der Waals surface area contributed by atoms with Gasteiger partial charge >= 0.3 is 5.97 Å². The van der Waals surface area contributed by atoms with Gasteiger partial charge in [-0.15, -0.1) is 0 Å². The van der Waals surface area contributed by atoms with Gasteiger partial charge in [0, 0.05) is 0 Å². The lowest BCUT2D eigenvalue weighted by molar-refractivity contribution is -0.174. The summed E-state index contributed by atoms with van der Waals surface area (Å²) in [5.41, 5.74) is 0.246. The summed E-state index contributed by atoms with van der Waals surface area (Å²) in [5, 5.41) is 30.7. The standard InChI is InChI=1S/C22H36O4/c1-12(20(25)26)15-4-5-16-14-11-19(24)18-10-13(23)6-8-22(18,3)17(14)7-9-21(15,16)2/h12-19,23-24H,4-11H2,1-3H3,(H,25,26)/t12-,13+,14-,15+,16-,17-,18-,19+,21+,22+/m0/s1. The van der Waals surface area contributed by atoms with Gasteiger partial charge < -0.3 is 15.3 Å². The monoisotopic (exact) mass is 364 g/mol. The first-order valence-corrected chi connectivity index (χ1v) is 10.8. The molecule has 0 saturated heterocycles. The SMILES string of the molecule is C[C@H](C(=O)O)[C@H]1CC[C@H]2[C@@H]3C[C@@H](O)[C@@H]4C[C@H](O)CC[C@]4(C)[C@H]3CC[C@]12C. The van der Waals surface area contributed by atoms with Crippen LogP contribution in [0.25, 0.3) is 0 Å². The summed E-state index contributed by atoms with van der Waals surface area (Å²) in [6.45, 7) is 6.61. The number of carboxylic acid groups (broad SMARTS) is 1. The van der Waals surface area contributed by atoms with Crippen molar-refractivity contribution in [3.8, 4) is 0 Å². The fraction of sp³-hybridized carbons (Fsp3) is 0.955. The minimum Gasteiger partial charge on any atom is -0.481 e. The molecule has 4 fully saturated rings. The van der Waals surface area contributed by atoms with Gasteiger partial charge in [0.1, 0.15) is 0 Å². The van der Waals surface area contributed by atoms with Crippen molar-refractivity contribution in [2.75, 3.05) is 0 Å². The molecule has 0 spiro atoms.